The maximum atomic E-state index is 12.9. The molecule has 2 aliphatic rings. The van der Waals surface area contributed by atoms with Crippen LogP contribution in [-0.4, -0.2) is 35.0 Å². The number of nitrogens with one attached hydrogen (secondary N) is 1. The molecule has 1 atom stereocenters. The number of hydrogen-bond donors (Lipinski definition) is 1. The summed E-state index contributed by atoms with van der Waals surface area (Å²) in [7, 11) is 0. The van der Waals surface area contributed by atoms with Crippen LogP contribution in [0.25, 0.3) is 0 Å². The molecule has 2 fully saturated rings. The summed E-state index contributed by atoms with van der Waals surface area (Å²) < 4.78 is 5.36. The van der Waals surface area contributed by atoms with Crippen LogP contribution in [0.4, 0.5) is 0 Å². The number of likely N-dealkylation sites (tertiary alicyclic amines) is 1. The number of carbonyl (C=O) groups excluding carboxylic acids is 2. The highest BCUT2D eigenvalue weighted by atomic mass is 16.5. The minimum Gasteiger partial charge on any atom is -0.360 e. The van der Waals surface area contributed by atoms with Crippen LogP contribution in [0.15, 0.2) is 34.9 Å². The molecule has 1 saturated heterocycles. The average Bonchev–Trinajstić information content (AvgIpc) is 3.48. The van der Waals surface area contributed by atoms with Gasteiger partial charge in [-0.3, -0.25) is 9.59 Å². The second-order valence-electron chi connectivity index (χ2n) is 8.32. The zero-order valence-corrected chi connectivity index (χ0v) is 17.2. The van der Waals surface area contributed by atoms with E-state index in [0.29, 0.717) is 18.0 Å². The first-order valence-electron chi connectivity index (χ1n) is 10.7. The summed E-state index contributed by atoms with van der Waals surface area (Å²) in [6, 6.07) is 9.99. The van der Waals surface area contributed by atoms with Gasteiger partial charge in [-0.1, -0.05) is 41.9 Å². The summed E-state index contributed by atoms with van der Waals surface area (Å²) >= 11 is 0. The van der Waals surface area contributed by atoms with Gasteiger partial charge in [-0.25, -0.2) is 0 Å². The van der Waals surface area contributed by atoms with Crippen molar-refractivity contribution in [1.82, 2.24) is 15.4 Å². The Bertz CT molecular complexity index is 862. The predicted molar refractivity (Wildman–Crippen MR) is 109 cm³/mol. The molecule has 1 saturated carbocycles. The smallest absolute Gasteiger partial charge is 0.273 e. The van der Waals surface area contributed by atoms with E-state index in [4.69, 9.17) is 4.52 Å². The van der Waals surface area contributed by atoms with E-state index >= 15 is 0 Å². The Balaban J connectivity index is 1.50. The summed E-state index contributed by atoms with van der Waals surface area (Å²) in [5, 5.41) is 7.19. The molecule has 29 heavy (non-hydrogen) atoms. The third-order valence-electron chi connectivity index (χ3n) is 6.13. The van der Waals surface area contributed by atoms with Gasteiger partial charge < -0.3 is 14.7 Å². The maximum absolute atomic E-state index is 12.9. The fourth-order valence-corrected chi connectivity index (χ4v) is 4.12. The predicted octanol–water partition coefficient (Wildman–Crippen LogP) is 3.98. The Labute approximate surface area is 171 Å². The number of amides is 2. The van der Waals surface area contributed by atoms with Crippen LogP contribution in [0.1, 0.15) is 78.4 Å². The van der Waals surface area contributed by atoms with Crippen molar-refractivity contribution in [1.29, 1.82) is 0 Å². The highest BCUT2D eigenvalue weighted by molar-refractivity contribution is 5.92. The van der Waals surface area contributed by atoms with E-state index in [2.05, 4.69) is 41.7 Å². The highest BCUT2D eigenvalue weighted by Crippen LogP contribution is 2.40. The van der Waals surface area contributed by atoms with Crippen LogP contribution < -0.4 is 5.32 Å². The van der Waals surface area contributed by atoms with Gasteiger partial charge in [0.15, 0.2) is 5.69 Å². The Morgan fingerprint density at radius 3 is 2.48 bits per heavy atom. The molecule has 1 aliphatic carbocycles. The van der Waals surface area contributed by atoms with Gasteiger partial charge in [0.05, 0.1) is 6.04 Å². The summed E-state index contributed by atoms with van der Waals surface area (Å²) in [5.41, 5.74) is 2.63. The molecule has 1 unspecified atom stereocenters. The molecule has 6 nitrogen and oxygen atoms in total. The second kappa shape index (κ2) is 8.39. The number of nitrogens with zero attached hydrogens (tertiary/aromatic N) is 2. The lowest BCUT2D eigenvalue weighted by atomic mass is 9.85. The molecule has 2 heterocycles. The standard InChI is InChI=1S/C23H29N3O3/c1-3-21(27)26-12-10-18(11-13-26)22(17-6-4-15(2)5-7-17)24-23(28)19-14-20(29-25-19)16-8-9-16/h4-7,14,16,18,22H,3,8-13H2,1-2H3,(H,24,28). The van der Waals surface area contributed by atoms with E-state index in [0.717, 1.165) is 50.1 Å². The summed E-state index contributed by atoms with van der Waals surface area (Å²) in [5.74, 6) is 1.52. The third kappa shape index (κ3) is 4.52. The van der Waals surface area contributed by atoms with Gasteiger partial charge in [0.1, 0.15) is 5.76 Å². The molecule has 1 N–H and O–H groups in total. The lowest BCUT2D eigenvalue weighted by molar-refractivity contribution is -0.132. The van der Waals surface area contributed by atoms with E-state index in [1.165, 1.54) is 5.56 Å². The number of carbonyl (C=O) groups is 2. The van der Waals surface area contributed by atoms with Gasteiger partial charge in [-0.05, 0) is 44.1 Å². The molecule has 0 spiro atoms. The Morgan fingerprint density at radius 2 is 1.86 bits per heavy atom. The molecule has 2 aromatic rings. The topological polar surface area (TPSA) is 75.4 Å². The number of aromatic nitrogens is 1. The van der Waals surface area contributed by atoms with Crippen LogP contribution in [0, 0.1) is 12.8 Å². The molecule has 1 aromatic carbocycles. The highest BCUT2D eigenvalue weighted by Gasteiger charge is 2.32. The van der Waals surface area contributed by atoms with Crippen molar-refractivity contribution in [3.63, 3.8) is 0 Å². The van der Waals surface area contributed by atoms with Crippen LogP contribution >= 0.6 is 0 Å². The molecule has 4 rings (SSSR count). The van der Waals surface area contributed by atoms with Crippen molar-refractivity contribution < 1.29 is 14.1 Å². The molecule has 1 aromatic heterocycles. The summed E-state index contributed by atoms with van der Waals surface area (Å²) in [6.45, 7) is 5.44. The van der Waals surface area contributed by atoms with Crippen LogP contribution in [-0.2, 0) is 4.79 Å². The summed E-state index contributed by atoms with van der Waals surface area (Å²) in [6.07, 6.45) is 4.50. The van der Waals surface area contributed by atoms with Gasteiger partial charge >= 0.3 is 0 Å². The maximum Gasteiger partial charge on any atom is 0.273 e. The van der Waals surface area contributed by atoms with Crippen molar-refractivity contribution in [2.24, 2.45) is 5.92 Å². The lowest BCUT2D eigenvalue weighted by Crippen LogP contribution is -2.42. The van der Waals surface area contributed by atoms with Crippen LogP contribution in [0.2, 0.25) is 0 Å². The third-order valence-corrected chi connectivity index (χ3v) is 6.13. The quantitative estimate of drug-likeness (QED) is 0.803. The van der Waals surface area contributed by atoms with E-state index in [9.17, 15) is 9.59 Å². The van der Waals surface area contributed by atoms with Crippen molar-refractivity contribution in [2.45, 2.75) is 57.9 Å². The number of aryl methyl sites for hydroxylation is 1. The second-order valence-corrected chi connectivity index (χ2v) is 8.32. The molecule has 0 radical (unpaired) electrons. The SMILES string of the molecule is CCC(=O)N1CCC(C(NC(=O)c2cc(C3CC3)on2)c2ccc(C)cc2)CC1. The normalized spacial score (nSPS) is 18.5. The van der Waals surface area contributed by atoms with E-state index in [-0.39, 0.29) is 23.8 Å². The zero-order valence-electron chi connectivity index (χ0n) is 17.2. The monoisotopic (exact) mass is 395 g/mol. The first-order chi connectivity index (χ1) is 14.0. The van der Waals surface area contributed by atoms with Gasteiger partial charge in [0.25, 0.3) is 5.91 Å². The Morgan fingerprint density at radius 1 is 1.17 bits per heavy atom. The molecular weight excluding hydrogens is 366 g/mol. The van der Waals surface area contributed by atoms with E-state index < -0.39 is 0 Å². The fourth-order valence-electron chi connectivity index (χ4n) is 4.12. The van der Waals surface area contributed by atoms with Gasteiger partial charge in [-0.15, -0.1) is 0 Å². The average molecular weight is 396 g/mol. The number of rotatable bonds is 6. The fraction of sp³-hybridized carbons (Fsp3) is 0.522. The molecule has 154 valence electrons. The summed E-state index contributed by atoms with van der Waals surface area (Å²) in [4.78, 5) is 26.9. The molecule has 6 heteroatoms. The van der Waals surface area contributed by atoms with Gasteiger partial charge in [0.2, 0.25) is 5.91 Å². The first-order valence-corrected chi connectivity index (χ1v) is 10.7. The molecule has 0 bridgehead atoms. The number of hydrogen-bond acceptors (Lipinski definition) is 4. The number of piperidine rings is 1. The van der Waals surface area contributed by atoms with Crippen molar-refractivity contribution >= 4 is 11.8 Å². The van der Waals surface area contributed by atoms with E-state index in [1.54, 1.807) is 6.07 Å². The largest absolute Gasteiger partial charge is 0.360 e. The molecule has 1 aliphatic heterocycles. The van der Waals surface area contributed by atoms with Crippen molar-refractivity contribution in [3.8, 4) is 0 Å². The van der Waals surface area contributed by atoms with Gasteiger partial charge in [-0.2, -0.15) is 0 Å². The van der Waals surface area contributed by atoms with E-state index in [1.807, 2.05) is 11.8 Å². The Hall–Kier alpha value is -2.63. The molecule has 2 amide bonds. The minimum absolute atomic E-state index is 0.108. The zero-order chi connectivity index (χ0) is 20.4. The van der Waals surface area contributed by atoms with Crippen LogP contribution in [0.5, 0.6) is 0 Å². The lowest BCUT2D eigenvalue weighted by Gasteiger charge is -2.36. The Kier molecular flexibility index (Phi) is 5.69. The van der Waals surface area contributed by atoms with Crippen LogP contribution in [0.3, 0.4) is 0 Å². The van der Waals surface area contributed by atoms with Crippen molar-refractivity contribution in [2.75, 3.05) is 13.1 Å². The molecular formula is C23H29N3O3. The minimum atomic E-state index is -0.196. The first kappa shape index (κ1) is 19.7. The van der Waals surface area contributed by atoms with Gasteiger partial charge in [0, 0.05) is 31.5 Å². The van der Waals surface area contributed by atoms with Crippen molar-refractivity contribution in [3.05, 3.63) is 52.9 Å². The number of benzene rings is 1.